The van der Waals surface area contributed by atoms with Crippen molar-refractivity contribution in [1.29, 1.82) is 0 Å². The summed E-state index contributed by atoms with van der Waals surface area (Å²) in [6.45, 7) is 0. The summed E-state index contributed by atoms with van der Waals surface area (Å²) in [5.74, 6) is -0.0986. The van der Waals surface area contributed by atoms with Crippen LogP contribution in [0, 0.1) is 0 Å². The number of hydrogen-bond acceptors (Lipinski definition) is 3. The maximum Gasteiger partial charge on any atom is 0.212 e. The summed E-state index contributed by atoms with van der Waals surface area (Å²) in [4.78, 5) is 22.5. The van der Waals surface area contributed by atoms with Crippen molar-refractivity contribution in [3.63, 3.8) is 0 Å². The first kappa shape index (κ1) is 24.5. The zero-order chi connectivity index (χ0) is 27.6. The van der Waals surface area contributed by atoms with E-state index < -0.39 is 5.54 Å². The lowest BCUT2D eigenvalue weighted by Crippen LogP contribution is -2.36. The van der Waals surface area contributed by atoms with Gasteiger partial charge >= 0.3 is 0 Å². The van der Waals surface area contributed by atoms with E-state index in [0.717, 1.165) is 27.9 Å². The first-order valence-corrected chi connectivity index (χ1v) is 13.5. The van der Waals surface area contributed by atoms with E-state index in [1.54, 1.807) is 6.20 Å². The molecule has 5 nitrogen and oxygen atoms in total. The van der Waals surface area contributed by atoms with Crippen LogP contribution in [0.4, 0.5) is 0 Å². The highest BCUT2D eigenvalue weighted by atomic mass is 16.1. The Balaban J connectivity index is 1.35. The highest BCUT2D eigenvalue weighted by molar-refractivity contribution is 6.08. The van der Waals surface area contributed by atoms with E-state index >= 15 is 0 Å². The molecule has 0 aliphatic rings. The molecule has 0 unspecified atom stereocenters. The molecule has 0 saturated carbocycles. The average Bonchev–Trinajstić information content (AvgIpc) is 3.71. The summed E-state index contributed by atoms with van der Waals surface area (Å²) in [5, 5.41) is 0. The zero-order valence-electron chi connectivity index (χ0n) is 22.2. The van der Waals surface area contributed by atoms with E-state index in [1.165, 1.54) is 0 Å². The third-order valence-corrected chi connectivity index (χ3v) is 7.56. The minimum absolute atomic E-state index is 0.0986. The lowest BCUT2D eigenvalue weighted by molar-refractivity contribution is 0.103. The van der Waals surface area contributed by atoms with Crippen LogP contribution in [0.15, 0.2) is 158 Å². The molecule has 0 aliphatic carbocycles. The molecule has 7 rings (SSSR count). The predicted molar refractivity (Wildman–Crippen MR) is 161 cm³/mol. The highest BCUT2D eigenvalue weighted by Crippen LogP contribution is 2.41. The molecule has 0 radical (unpaired) electrons. The highest BCUT2D eigenvalue weighted by Gasteiger charge is 2.38. The van der Waals surface area contributed by atoms with Gasteiger partial charge in [-0.25, -0.2) is 9.97 Å². The Kier molecular flexibility index (Phi) is 6.10. The molecule has 41 heavy (non-hydrogen) atoms. The van der Waals surface area contributed by atoms with Gasteiger partial charge in [0, 0.05) is 29.7 Å². The number of imidazole rings is 2. The summed E-state index contributed by atoms with van der Waals surface area (Å²) >= 11 is 0. The van der Waals surface area contributed by atoms with Crippen molar-refractivity contribution < 1.29 is 4.79 Å². The molecular formula is C36H26N4O. The van der Waals surface area contributed by atoms with Crippen molar-refractivity contribution in [2.45, 2.75) is 5.54 Å². The van der Waals surface area contributed by atoms with Gasteiger partial charge in [-0.05, 0) is 28.8 Å². The molecular weight excluding hydrogens is 504 g/mol. The Morgan fingerprint density at radius 3 is 1.68 bits per heavy atom. The molecule has 0 spiro atoms. The van der Waals surface area contributed by atoms with Crippen LogP contribution >= 0.6 is 0 Å². The van der Waals surface area contributed by atoms with Gasteiger partial charge in [0.05, 0.1) is 12.0 Å². The second-order valence-electron chi connectivity index (χ2n) is 9.98. The van der Waals surface area contributed by atoms with Gasteiger partial charge in [-0.15, -0.1) is 0 Å². The average molecular weight is 531 g/mol. The van der Waals surface area contributed by atoms with Gasteiger partial charge in [0.1, 0.15) is 16.9 Å². The van der Waals surface area contributed by atoms with Crippen molar-refractivity contribution in [2.75, 3.05) is 0 Å². The largest absolute Gasteiger partial charge is 0.318 e. The molecule has 3 heterocycles. The van der Waals surface area contributed by atoms with Crippen LogP contribution in [-0.2, 0) is 5.54 Å². The SMILES string of the molecule is O=C(c1ccccc1)c1cn2cc(-c3cn(C(c4ccccc4)(c4ccccc4)c4ccccc4)cn3)ccc2n1. The van der Waals surface area contributed by atoms with E-state index in [2.05, 4.69) is 88.5 Å². The van der Waals surface area contributed by atoms with Gasteiger partial charge in [-0.2, -0.15) is 0 Å². The number of carbonyl (C=O) groups is 1. The number of pyridine rings is 1. The number of ketones is 1. The molecule has 0 fully saturated rings. The number of nitrogens with zero attached hydrogens (tertiary/aromatic N) is 4. The van der Waals surface area contributed by atoms with Crippen molar-refractivity contribution in [3.05, 3.63) is 186 Å². The molecule has 0 N–H and O–H groups in total. The number of fused-ring (bicyclic) bond motifs is 1. The number of benzene rings is 4. The van der Waals surface area contributed by atoms with Crippen LogP contribution in [-0.4, -0.2) is 24.7 Å². The van der Waals surface area contributed by atoms with E-state index in [-0.39, 0.29) is 5.78 Å². The van der Waals surface area contributed by atoms with Gasteiger partial charge < -0.3 is 8.97 Å². The Hall–Kier alpha value is -5.55. The minimum Gasteiger partial charge on any atom is -0.318 e. The van der Waals surface area contributed by atoms with Crippen molar-refractivity contribution in [2.24, 2.45) is 0 Å². The predicted octanol–water partition coefficient (Wildman–Crippen LogP) is 7.27. The van der Waals surface area contributed by atoms with Gasteiger partial charge in [0.15, 0.2) is 0 Å². The number of hydrogen-bond donors (Lipinski definition) is 0. The maximum absolute atomic E-state index is 13.0. The van der Waals surface area contributed by atoms with Gasteiger partial charge in [0.2, 0.25) is 5.78 Å². The first-order valence-electron chi connectivity index (χ1n) is 13.5. The van der Waals surface area contributed by atoms with Crippen molar-refractivity contribution in [1.82, 2.24) is 18.9 Å². The molecule has 0 bridgehead atoms. The minimum atomic E-state index is -0.636. The topological polar surface area (TPSA) is 52.2 Å². The van der Waals surface area contributed by atoms with E-state index in [0.29, 0.717) is 16.9 Å². The van der Waals surface area contributed by atoms with Crippen LogP contribution in [0.2, 0.25) is 0 Å². The summed E-state index contributed by atoms with van der Waals surface area (Å²) in [5.41, 5.74) is 6.26. The number of carbonyl (C=O) groups excluding carboxylic acids is 1. The summed E-state index contributed by atoms with van der Waals surface area (Å²) in [6.07, 6.45) is 7.77. The third-order valence-electron chi connectivity index (χ3n) is 7.56. The fourth-order valence-corrected chi connectivity index (χ4v) is 5.63. The van der Waals surface area contributed by atoms with Crippen LogP contribution < -0.4 is 0 Å². The lowest BCUT2D eigenvalue weighted by atomic mass is 9.77. The standard InChI is InChI=1S/C36H26N4O/c41-35(27-13-5-1-6-14-27)33-24-39-23-28(21-22-34(39)38-33)32-25-40(26-37-32)36(29-15-7-2-8-16-29,30-17-9-3-10-18-30)31-19-11-4-12-20-31/h1-26H. The van der Waals surface area contributed by atoms with Crippen molar-refractivity contribution in [3.8, 4) is 11.3 Å². The Morgan fingerprint density at radius 2 is 1.12 bits per heavy atom. The molecule has 7 aromatic rings. The monoisotopic (exact) mass is 530 g/mol. The molecule has 0 atom stereocenters. The van der Waals surface area contributed by atoms with Gasteiger partial charge in [-0.1, -0.05) is 121 Å². The lowest BCUT2D eigenvalue weighted by Gasteiger charge is -2.37. The molecule has 0 aliphatic heterocycles. The van der Waals surface area contributed by atoms with Crippen molar-refractivity contribution >= 4 is 11.4 Å². The van der Waals surface area contributed by atoms with Crippen LogP contribution in [0.3, 0.4) is 0 Å². The molecule has 3 aromatic heterocycles. The number of rotatable bonds is 7. The molecule has 0 amide bonds. The van der Waals surface area contributed by atoms with E-state index in [9.17, 15) is 4.79 Å². The first-order chi connectivity index (χ1) is 20.2. The van der Waals surface area contributed by atoms with Crippen LogP contribution in [0.25, 0.3) is 16.9 Å². The van der Waals surface area contributed by atoms with Crippen LogP contribution in [0.1, 0.15) is 32.7 Å². The van der Waals surface area contributed by atoms with E-state index in [4.69, 9.17) is 4.98 Å². The van der Waals surface area contributed by atoms with E-state index in [1.807, 2.05) is 77.6 Å². The second-order valence-corrected chi connectivity index (χ2v) is 9.98. The summed E-state index contributed by atoms with van der Waals surface area (Å²) in [6, 6.07) is 44.8. The summed E-state index contributed by atoms with van der Waals surface area (Å²) in [7, 11) is 0. The zero-order valence-corrected chi connectivity index (χ0v) is 22.2. The quantitative estimate of drug-likeness (QED) is 0.161. The second kappa shape index (κ2) is 10.2. The van der Waals surface area contributed by atoms with Gasteiger partial charge in [0.25, 0.3) is 0 Å². The third kappa shape index (κ3) is 4.24. The Bertz CT molecular complexity index is 1850. The fourth-order valence-electron chi connectivity index (χ4n) is 5.63. The van der Waals surface area contributed by atoms with Gasteiger partial charge in [-0.3, -0.25) is 4.79 Å². The smallest absolute Gasteiger partial charge is 0.212 e. The number of aromatic nitrogens is 4. The Morgan fingerprint density at radius 1 is 0.585 bits per heavy atom. The Labute approximate surface area is 238 Å². The molecule has 0 saturated heterocycles. The van der Waals surface area contributed by atoms with Crippen LogP contribution in [0.5, 0.6) is 0 Å². The fraction of sp³-hybridized carbons (Fsp3) is 0.0278. The maximum atomic E-state index is 13.0. The molecule has 5 heteroatoms. The summed E-state index contributed by atoms with van der Waals surface area (Å²) < 4.78 is 4.09. The molecule has 196 valence electrons. The molecule has 4 aromatic carbocycles. The normalized spacial score (nSPS) is 11.5.